The average Bonchev–Trinajstić information content (AvgIpc) is 3.91. The third kappa shape index (κ3) is 43.5. The van der Waals surface area contributed by atoms with E-state index in [0.29, 0.717) is 161 Å². The molecule has 1 aliphatic heterocycles. The van der Waals surface area contributed by atoms with Crippen molar-refractivity contribution in [1.29, 1.82) is 0 Å². The second-order valence-electron chi connectivity index (χ2n) is 18.6. The third-order valence-electron chi connectivity index (χ3n) is 10.8. The summed E-state index contributed by atoms with van der Waals surface area (Å²) in [6.45, 7) is 4.34. The van der Waals surface area contributed by atoms with Crippen molar-refractivity contribution in [3.63, 3.8) is 0 Å². The summed E-state index contributed by atoms with van der Waals surface area (Å²) in [4.78, 5) is 0. The fraction of sp³-hybridized carbons (Fsp3) is 0.959. The highest BCUT2D eigenvalue weighted by molar-refractivity contribution is 8.00. The number of hydrogen-bond donors (Lipinski definition) is 13. The molecule has 0 radical (unpaired) electrons. The van der Waals surface area contributed by atoms with Gasteiger partial charge in [0.25, 0.3) is 0 Å². The van der Waals surface area contributed by atoms with Crippen molar-refractivity contribution < 1.29 is 98.8 Å². The summed E-state index contributed by atoms with van der Waals surface area (Å²) in [6, 6.07) is 0. The number of aliphatic hydroxyl groups excluding tert-OH is 11. The molecule has 0 aromatic carbocycles. The van der Waals surface area contributed by atoms with E-state index in [9.17, 15) is 56.2 Å². The van der Waals surface area contributed by atoms with E-state index in [1.165, 1.54) is 58.8 Å². The van der Waals surface area contributed by atoms with E-state index >= 15 is 0 Å². The van der Waals surface area contributed by atoms with Crippen molar-refractivity contribution in [2.45, 2.75) is 62.6 Å². The SMILES string of the molecule is OCC1=CN(CCOCCOCCOCC(COCCCSCC(O)CO)(COCCCSCC(O)CO)COCC(COCCCSCC(O)CO)(COCCCSCC(O)CO)COCCCSCC(O)CO)NN1. The van der Waals surface area contributed by atoms with Gasteiger partial charge in [0, 0.05) is 68.0 Å². The summed E-state index contributed by atoms with van der Waals surface area (Å²) >= 11 is 7.65. The standard InChI is InChI=1S/C49H99N3O20S5/c53-23-42-22-52(51-50-42)6-12-64-13-14-65-15-16-71-39-49(37-69-10-4-20-76-32-46(62)27-57,38-70-11-5-21-77-33-47(63)28-58)41-72-40-48(34-66-7-1-17-73-29-43(59)24-54,35-67-8-2-18-74-30-44(60)25-55)36-68-9-3-19-75-31-45(61)26-56/h22,43-47,50-51,53-63H,1-21,23-41H2. The minimum atomic E-state index is -0.816. The zero-order chi connectivity index (χ0) is 56.3. The zero-order valence-corrected chi connectivity index (χ0v) is 49.4. The molecule has 5 atom stereocenters. The van der Waals surface area contributed by atoms with Crippen LogP contribution < -0.4 is 11.0 Å². The number of hydrogen-bond acceptors (Lipinski definition) is 28. The Labute approximate surface area is 479 Å². The van der Waals surface area contributed by atoms with Gasteiger partial charge >= 0.3 is 0 Å². The first-order chi connectivity index (χ1) is 37.5. The van der Waals surface area contributed by atoms with Crippen LogP contribution in [0, 0.1) is 10.8 Å². The number of hydrazine groups is 2. The Morgan fingerprint density at radius 1 is 0.377 bits per heavy atom. The number of nitrogens with zero attached hydrogens (tertiary/aromatic N) is 1. The van der Waals surface area contributed by atoms with Gasteiger partial charge in [-0.25, -0.2) is 0 Å². The van der Waals surface area contributed by atoms with Crippen LogP contribution in [-0.4, -0.2) is 314 Å². The Bertz CT molecular complexity index is 1240. The van der Waals surface area contributed by atoms with Crippen molar-refractivity contribution in [2.75, 3.05) is 223 Å². The summed E-state index contributed by atoms with van der Waals surface area (Å²) in [5.41, 5.74) is 4.84. The van der Waals surface area contributed by atoms with Crippen LogP contribution in [-0.2, 0) is 42.6 Å². The van der Waals surface area contributed by atoms with Gasteiger partial charge in [-0.05, 0) is 60.9 Å². The van der Waals surface area contributed by atoms with Crippen LogP contribution in [0.5, 0.6) is 0 Å². The van der Waals surface area contributed by atoms with E-state index in [1.807, 2.05) is 0 Å². The maximum Gasteiger partial charge on any atom is 0.0861 e. The molecule has 28 heteroatoms. The molecule has 23 nitrogen and oxygen atoms in total. The molecule has 0 amide bonds. The van der Waals surface area contributed by atoms with Crippen LogP contribution in [0.15, 0.2) is 11.9 Å². The molecule has 77 heavy (non-hydrogen) atoms. The van der Waals surface area contributed by atoms with Crippen molar-refractivity contribution in [3.8, 4) is 0 Å². The molecule has 0 bridgehead atoms. The zero-order valence-electron chi connectivity index (χ0n) is 45.3. The summed E-state index contributed by atoms with van der Waals surface area (Å²) in [6.07, 6.45) is 1.29. The number of aliphatic hydroxyl groups is 11. The molecule has 0 saturated carbocycles. The molecular formula is C49H99N3O20S5. The lowest BCUT2D eigenvalue weighted by atomic mass is 9.90. The van der Waals surface area contributed by atoms with Gasteiger partial charge in [0.2, 0.25) is 0 Å². The van der Waals surface area contributed by atoms with E-state index in [2.05, 4.69) is 11.0 Å². The van der Waals surface area contributed by atoms with Gasteiger partial charge in [0.05, 0.1) is 179 Å². The van der Waals surface area contributed by atoms with Gasteiger partial charge in [-0.2, -0.15) is 58.8 Å². The minimum Gasteiger partial charge on any atom is -0.394 e. The fourth-order valence-electron chi connectivity index (χ4n) is 6.59. The second-order valence-corrected chi connectivity index (χ2v) is 24.3. The summed E-state index contributed by atoms with van der Waals surface area (Å²) in [5, 5.41) is 106. The van der Waals surface area contributed by atoms with E-state index < -0.39 is 41.3 Å². The first-order valence-electron chi connectivity index (χ1n) is 26.6. The molecule has 13 N–H and O–H groups in total. The molecule has 0 aromatic rings. The molecule has 1 heterocycles. The number of rotatable bonds is 61. The highest BCUT2D eigenvalue weighted by Gasteiger charge is 2.37. The number of thioether (sulfide) groups is 5. The molecule has 460 valence electrons. The lowest BCUT2D eigenvalue weighted by Gasteiger charge is -2.37. The van der Waals surface area contributed by atoms with Gasteiger partial charge in [-0.15, -0.1) is 5.53 Å². The quantitative estimate of drug-likeness (QED) is 0.0313. The lowest BCUT2D eigenvalue weighted by Crippen LogP contribution is -2.46. The van der Waals surface area contributed by atoms with Crippen LogP contribution in [0.1, 0.15) is 32.1 Å². The van der Waals surface area contributed by atoms with Gasteiger partial charge in [-0.1, -0.05) is 0 Å². The van der Waals surface area contributed by atoms with Gasteiger partial charge in [0.1, 0.15) is 0 Å². The lowest BCUT2D eigenvalue weighted by molar-refractivity contribution is -0.144. The first-order valence-corrected chi connectivity index (χ1v) is 32.4. The average molecular weight is 1210 g/mol. The molecular weight excluding hydrogens is 1110 g/mol. The Morgan fingerprint density at radius 2 is 0.649 bits per heavy atom. The van der Waals surface area contributed by atoms with Crippen LogP contribution in [0.4, 0.5) is 0 Å². The first kappa shape index (κ1) is 75.3. The predicted molar refractivity (Wildman–Crippen MR) is 306 cm³/mol. The molecule has 0 aliphatic carbocycles. The van der Waals surface area contributed by atoms with E-state index in [-0.39, 0.29) is 99.1 Å². The van der Waals surface area contributed by atoms with Crippen molar-refractivity contribution in [3.05, 3.63) is 11.9 Å². The Hall–Kier alpha value is 0.250. The predicted octanol–water partition coefficient (Wildman–Crippen LogP) is -1.35. The van der Waals surface area contributed by atoms with Crippen LogP contribution in [0.3, 0.4) is 0 Å². The monoisotopic (exact) mass is 1210 g/mol. The topological polar surface area (TPSA) is 333 Å². The van der Waals surface area contributed by atoms with Crippen LogP contribution in [0.2, 0.25) is 0 Å². The van der Waals surface area contributed by atoms with Crippen molar-refractivity contribution >= 4 is 58.8 Å². The molecule has 0 aromatic heterocycles. The third-order valence-corrected chi connectivity index (χ3v) is 16.8. The summed E-state index contributed by atoms with van der Waals surface area (Å²) in [7, 11) is 0. The molecule has 1 aliphatic rings. The van der Waals surface area contributed by atoms with Gasteiger partial charge in [-0.3, -0.25) is 5.01 Å². The highest BCUT2D eigenvalue weighted by atomic mass is 32.2. The molecule has 0 fully saturated rings. The van der Waals surface area contributed by atoms with E-state index in [0.717, 1.165) is 0 Å². The fourth-order valence-corrected chi connectivity index (χ4v) is 10.9. The van der Waals surface area contributed by atoms with Crippen molar-refractivity contribution in [2.24, 2.45) is 10.8 Å². The minimum absolute atomic E-state index is 0.0974. The molecule has 0 spiro atoms. The second kappa shape index (κ2) is 53.0. The Kier molecular flexibility index (Phi) is 51.8. The Balaban J connectivity index is 3.30. The smallest absolute Gasteiger partial charge is 0.0861 e. The largest absolute Gasteiger partial charge is 0.394 e. The van der Waals surface area contributed by atoms with Crippen LogP contribution in [0.25, 0.3) is 0 Å². The van der Waals surface area contributed by atoms with Crippen molar-refractivity contribution in [1.82, 2.24) is 16.0 Å². The Morgan fingerprint density at radius 3 is 0.935 bits per heavy atom. The van der Waals surface area contributed by atoms with E-state index in [1.54, 1.807) is 11.2 Å². The maximum absolute atomic E-state index is 9.81. The highest BCUT2D eigenvalue weighted by Crippen LogP contribution is 2.27. The maximum atomic E-state index is 9.81. The van der Waals surface area contributed by atoms with Gasteiger partial charge < -0.3 is 104 Å². The molecule has 0 saturated heterocycles. The van der Waals surface area contributed by atoms with Crippen LogP contribution >= 0.6 is 58.8 Å². The molecule has 5 unspecified atom stereocenters. The summed E-state index contributed by atoms with van der Waals surface area (Å²) < 4.78 is 56.5. The van der Waals surface area contributed by atoms with Gasteiger partial charge in [0.15, 0.2) is 0 Å². The molecule has 1 rings (SSSR count). The normalized spacial score (nSPS) is 16.5. The summed E-state index contributed by atoms with van der Waals surface area (Å²) in [5.74, 6) is 5.62. The number of ether oxygens (including phenoxy) is 9. The van der Waals surface area contributed by atoms with E-state index in [4.69, 9.17) is 42.6 Å². The number of nitrogens with one attached hydrogen (secondary N) is 2.